The Kier molecular flexibility index (Phi) is 4.45. The zero-order valence-electron chi connectivity index (χ0n) is 7.90. The maximum Gasteiger partial charge on any atom is 0.143 e. The lowest BCUT2D eigenvalue weighted by Crippen LogP contribution is -2.05. The van der Waals surface area contributed by atoms with E-state index in [2.05, 4.69) is 16.4 Å². The van der Waals surface area contributed by atoms with Crippen molar-refractivity contribution in [2.24, 2.45) is 0 Å². The molecule has 74 valence electrons. The Morgan fingerprint density at radius 1 is 1.50 bits per heavy atom. The lowest BCUT2D eigenvalue weighted by atomic mass is 10.2. The molecule has 4 nitrogen and oxygen atoms in total. The molecule has 0 atom stereocenters. The molecule has 1 aromatic rings. The van der Waals surface area contributed by atoms with Gasteiger partial charge in [0.15, 0.2) is 0 Å². The maximum absolute atomic E-state index is 8.75. The lowest BCUT2D eigenvalue weighted by molar-refractivity contribution is 0.286. The van der Waals surface area contributed by atoms with E-state index in [9.17, 15) is 0 Å². The van der Waals surface area contributed by atoms with Crippen molar-refractivity contribution < 1.29 is 5.11 Å². The molecule has 0 fully saturated rings. The molecule has 0 amide bonds. The van der Waals surface area contributed by atoms with Crippen LogP contribution >= 0.6 is 0 Å². The summed E-state index contributed by atoms with van der Waals surface area (Å²) >= 11 is 0. The van der Waals surface area contributed by atoms with Gasteiger partial charge in [0.1, 0.15) is 11.9 Å². The molecule has 14 heavy (non-hydrogen) atoms. The topological polar surface area (TPSA) is 68.9 Å². The third-order valence-electron chi connectivity index (χ3n) is 1.81. The number of anilines is 1. The van der Waals surface area contributed by atoms with E-state index in [1.54, 1.807) is 18.3 Å². The van der Waals surface area contributed by atoms with Crippen LogP contribution in [-0.2, 0) is 0 Å². The second-order valence-corrected chi connectivity index (χ2v) is 2.87. The normalized spacial score (nSPS) is 9.43. The van der Waals surface area contributed by atoms with E-state index in [0.29, 0.717) is 11.4 Å². The second-order valence-electron chi connectivity index (χ2n) is 2.87. The Bertz CT molecular complexity index is 319. The molecular weight excluding hydrogens is 178 g/mol. The fraction of sp³-hybridized carbons (Fsp3) is 0.400. The molecule has 0 aliphatic heterocycles. The number of aliphatic hydroxyl groups is 1. The Morgan fingerprint density at radius 2 is 2.36 bits per heavy atom. The fourth-order valence-electron chi connectivity index (χ4n) is 1.08. The van der Waals surface area contributed by atoms with Crippen LogP contribution in [0.2, 0.25) is 0 Å². The maximum atomic E-state index is 8.75. The summed E-state index contributed by atoms with van der Waals surface area (Å²) in [6, 6.07) is 5.52. The summed E-state index contributed by atoms with van der Waals surface area (Å²) in [5, 5.41) is 20.4. The number of nitrogens with zero attached hydrogens (tertiary/aromatic N) is 2. The third kappa shape index (κ3) is 3.04. The molecular formula is C10H13N3O. The molecule has 1 aromatic heterocycles. The highest BCUT2D eigenvalue weighted by Crippen LogP contribution is 2.09. The Labute approximate surface area is 83.2 Å². The van der Waals surface area contributed by atoms with Crippen LogP contribution in [0.4, 0.5) is 5.82 Å². The van der Waals surface area contributed by atoms with E-state index < -0.39 is 0 Å². The second kappa shape index (κ2) is 5.95. The Balaban J connectivity index is 2.46. The Morgan fingerprint density at radius 3 is 3.07 bits per heavy atom. The first-order chi connectivity index (χ1) is 6.88. The molecule has 0 aromatic carbocycles. The minimum atomic E-state index is 0.203. The summed E-state index contributed by atoms with van der Waals surface area (Å²) in [5.41, 5.74) is 0.552. The molecule has 0 bridgehead atoms. The van der Waals surface area contributed by atoms with E-state index >= 15 is 0 Å². The molecule has 0 spiro atoms. The predicted octanol–water partition coefficient (Wildman–Crippen LogP) is 1.14. The van der Waals surface area contributed by atoms with Crippen molar-refractivity contribution in [1.82, 2.24) is 4.98 Å². The van der Waals surface area contributed by atoms with Crippen LogP contribution < -0.4 is 5.32 Å². The third-order valence-corrected chi connectivity index (χ3v) is 1.81. The first-order valence-corrected chi connectivity index (χ1v) is 4.58. The van der Waals surface area contributed by atoms with Gasteiger partial charge in [0.2, 0.25) is 0 Å². The molecule has 2 N–H and O–H groups in total. The largest absolute Gasteiger partial charge is 0.396 e. The van der Waals surface area contributed by atoms with Crippen molar-refractivity contribution in [3.63, 3.8) is 0 Å². The molecule has 0 aliphatic carbocycles. The standard InChI is InChI=1S/C10H13N3O/c11-8-9-4-3-6-13-10(9)12-5-1-2-7-14/h3-4,6,14H,1-2,5,7H2,(H,12,13). The van der Waals surface area contributed by atoms with Crippen LogP contribution in [0.1, 0.15) is 18.4 Å². The zero-order valence-corrected chi connectivity index (χ0v) is 7.90. The van der Waals surface area contributed by atoms with Crippen LogP contribution in [0.5, 0.6) is 0 Å². The van der Waals surface area contributed by atoms with Gasteiger partial charge in [0.05, 0.1) is 5.56 Å². The zero-order chi connectivity index (χ0) is 10.2. The minimum Gasteiger partial charge on any atom is -0.396 e. The number of aliphatic hydroxyl groups excluding tert-OH is 1. The van der Waals surface area contributed by atoms with Crippen LogP contribution in [0.3, 0.4) is 0 Å². The SMILES string of the molecule is N#Cc1cccnc1NCCCCO. The highest BCUT2D eigenvalue weighted by Gasteiger charge is 1.99. The van der Waals surface area contributed by atoms with Gasteiger partial charge >= 0.3 is 0 Å². The summed E-state index contributed by atoms with van der Waals surface area (Å²) in [6.07, 6.45) is 3.29. The number of hydrogen-bond acceptors (Lipinski definition) is 4. The number of pyridine rings is 1. The van der Waals surface area contributed by atoms with Crippen molar-refractivity contribution in [3.05, 3.63) is 23.9 Å². The summed E-state index contributed by atoms with van der Waals surface area (Å²) in [7, 11) is 0. The van der Waals surface area contributed by atoms with Crippen LogP contribution in [0, 0.1) is 11.3 Å². The molecule has 0 aliphatic rings. The summed E-state index contributed by atoms with van der Waals surface area (Å²) in [6.45, 7) is 0.932. The van der Waals surface area contributed by atoms with Gasteiger partial charge < -0.3 is 10.4 Å². The first kappa shape index (κ1) is 10.5. The average Bonchev–Trinajstić information content (AvgIpc) is 2.25. The minimum absolute atomic E-state index is 0.203. The Hall–Kier alpha value is -1.60. The molecule has 0 unspecified atom stereocenters. The van der Waals surface area contributed by atoms with Crippen molar-refractivity contribution in [3.8, 4) is 6.07 Å². The average molecular weight is 191 g/mol. The fourth-order valence-corrected chi connectivity index (χ4v) is 1.08. The number of aromatic nitrogens is 1. The van der Waals surface area contributed by atoms with Gasteiger partial charge in [-0.2, -0.15) is 5.26 Å². The molecule has 1 heterocycles. The van der Waals surface area contributed by atoms with Crippen molar-refractivity contribution in [1.29, 1.82) is 5.26 Å². The number of nitriles is 1. The van der Waals surface area contributed by atoms with Crippen LogP contribution in [0.15, 0.2) is 18.3 Å². The van der Waals surface area contributed by atoms with Gasteiger partial charge in [-0.3, -0.25) is 0 Å². The molecule has 1 rings (SSSR count). The van der Waals surface area contributed by atoms with Crippen molar-refractivity contribution >= 4 is 5.82 Å². The summed E-state index contributed by atoms with van der Waals surface area (Å²) in [4.78, 5) is 4.05. The number of hydrogen-bond donors (Lipinski definition) is 2. The van der Waals surface area contributed by atoms with Crippen molar-refractivity contribution in [2.75, 3.05) is 18.5 Å². The van der Waals surface area contributed by atoms with Gasteiger partial charge in [-0.1, -0.05) is 0 Å². The highest BCUT2D eigenvalue weighted by atomic mass is 16.2. The lowest BCUT2D eigenvalue weighted by Gasteiger charge is -2.05. The molecule has 0 saturated heterocycles. The van der Waals surface area contributed by atoms with Gasteiger partial charge in [-0.05, 0) is 25.0 Å². The molecule has 4 heteroatoms. The molecule has 0 radical (unpaired) electrons. The first-order valence-electron chi connectivity index (χ1n) is 4.58. The van der Waals surface area contributed by atoms with Gasteiger partial charge in [0.25, 0.3) is 0 Å². The quantitative estimate of drug-likeness (QED) is 0.685. The van der Waals surface area contributed by atoms with Gasteiger partial charge in [-0.25, -0.2) is 4.98 Å². The van der Waals surface area contributed by atoms with E-state index in [-0.39, 0.29) is 6.61 Å². The van der Waals surface area contributed by atoms with E-state index in [0.717, 1.165) is 19.4 Å². The van der Waals surface area contributed by atoms with Gasteiger partial charge in [0, 0.05) is 19.3 Å². The van der Waals surface area contributed by atoms with Crippen LogP contribution in [-0.4, -0.2) is 23.2 Å². The monoisotopic (exact) mass is 191 g/mol. The van der Waals surface area contributed by atoms with E-state index in [1.165, 1.54) is 0 Å². The number of rotatable bonds is 5. The van der Waals surface area contributed by atoms with E-state index in [1.807, 2.05) is 0 Å². The number of unbranched alkanes of at least 4 members (excludes halogenated alkanes) is 1. The van der Waals surface area contributed by atoms with Crippen molar-refractivity contribution in [2.45, 2.75) is 12.8 Å². The van der Waals surface area contributed by atoms with Gasteiger partial charge in [-0.15, -0.1) is 0 Å². The number of nitrogens with one attached hydrogen (secondary N) is 1. The van der Waals surface area contributed by atoms with Crippen LogP contribution in [0.25, 0.3) is 0 Å². The summed E-state index contributed by atoms with van der Waals surface area (Å²) in [5.74, 6) is 0.618. The highest BCUT2D eigenvalue weighted by molar-refractivity contribution is 5.50. The summed E-state index contributed by atoms with van der Waals surface area (Å²) < 4.78 is 0. The van der Waals surface area contributed by atoms with E-state index in [4.69, 9.17) is 10.4 Å². The predicted molar refractivity (Wildman–Crippen MR) is 53.8 cm³/mol. The smallest absolute Gasteiger partial charge is 0.143 e. The molecule has 0 saturated carbocycles.